The highest BCUT2D eigenvalue weighted by molar-refractivity contribution is 5.66. The van der Waals surface area contributed by atoms with E-state index in [1.54, 1.807) is 0 Å². The molecular weight excluding hydrogens is 284 g/mol. The highest BCUT2D eigenvalue weighted by Crippen LogP contribution is 2.12. The number of carboxylic acids is 1. The fraction of sp³-hybridized carbons (Fsp3) is 0.762. The number of aliphatic carboxylic acids is 1. The van der Waals surface area contributed by atoms with Crippen LogP contribution in [0.4, 0.5) is 0 Å². The van der Waals surface area contributed by atoms with Gasteiger partial charge in [-0.1, -0.05) is 76.7 Å². The summed E-state index contributed by atoms with van der Waals surface area (Å²) in [5, 5.41) is 8.52. The van der Waals surface area contributed by atoms with Gasteiger partial charge in [0.2, 0.25) is 0 Å². The lowest BCUT2D eigenvalue weighted by Gasteiger charge is -2.03. The Morgan fingerprint density at radius 3 is 1.78 bits per heavy atom. The Morgan fingerprint density at radius 1 is 0.739 bits per heavy atom. The summed E-state index contributed by atoms with van der Waals surface area (Å²) in [4.78, 5) is 10.3. The van der Waals surface area contributed by atoms with Crippen molar-refractivity contribution in [3.05, 3.63) is 24.3 Å². The first-order valence-corrected chi connectivity index (χ1v) is 9.64. The molecule has 2 heteroatoms. The molecule has 134 valence electrons. The van der Waals surface area contributed by atoms with Gasteiger partial charge in [0.15, 0.2) is 0 Å². The van der Waals surface area contributed by atoms with Crippen LogP contribution >= 0.6 is 0 Å². The van der Waals surface area contributed by atoms with Crippen LogP contribution in [0.2, 0.25) is 0 Å². The first-order valence-electron chi connectivity index (χ1n) is 9.64. The molecule has 0 saturated heterocycles. The molecule has 23 heavy (non-hydrogen) atoms. The van der Waals surface area contributed by atoms with E-state index in [1.165, 1.54) is 51.4 Å². The first kappa shape index (κ1) is 21.9. The van der Waals surface area contributed by atoms with E-state index in [-0.39, 0.29) is 6.42 Å². The Balaban J connectivity index is 3.19. The van der Waals surface area contributed by atoms with Crippen molar-refractivity contribution < 1.29 is 9.90 Å². The summed E-state index contributed by atoms with van der Waals surface area (Å²) in [5.74, 6) is 0.164. The monoisotopic (exact) mass is 322 g/mol. The molecule has 0 aromatic carbocycles. The van der Waals surface area contributed by atoms with Gasteiger partial charge in [0.1, 0.15) is 0 Å². The van der Waals surface area contributed by atoms with Crippen molar-refractivity contribution in [2.24, 2.45) is 5.92 Å². The fourth-order valence-electron chi connectivity index (χ4n) is 2.56. The lowest BCUT2D eigenvalue weighted by Crippen LogP contribution is -1.92. The van der Waals surface area contributed by atoms with Crippen LogP contribution in [-0.4, -0.2) is 11.1 Å². The predicted molar refractivity (Wildman–Crippen MR) is 101 cm³/mol. The molecule has 2 nitrogen and oxygen atoms in total. The van der Waals surface area contributed by atoms with Gasteiger partial charge in [0, 0.05) is 6.42 Å². The number of carbonyl (C=O) groups is 1. The zero-order valence-electron chi connectivity index (χ0n) is 15.4. The van der Waals surface area contributed by atoms with Crippen LogP contribution in [0.1, 0.15) is 97.3 Å². The van der Waals surface area contributed by atoms with Crippen molar-refractivity contribution in [3.63, 3.8) is 0 Å². The Hall–Kier alpha value is -1.05. The number of rotatable bonds is 16. The third-order valence-corrected chi connectivity index (χ3v) is 4.00. The summed E-state index contributed by atoms with van der Waals surface area (Å²) in [6.45, 7) is 4.61. The number of hydrogen-bond acceptors (Lipinski definition) is 1. The maximum absolute atomic E-state index is 10.3. The normalized spacial score (nSPS) is 12.0. The van der Waals surface area contributed by atoms with Gasteiger partial charge >= 0.3 is 5.97 Å². The van der Waals surface area contributed by atoms with E-state index in [4.69, 9.17) is 5.11 Å². The topological polar surface area (TPSA) is 37.3 Å². The van der Waals surface area contributed by atoms with E-state index in [0.29, 0.717) is 0 Å². The molecule has 0 amide bonds. The molecule has 0 aromatic rings. The van der Waals surface area contributed by atoms with Crippen LogP contribution in [-0.2, 0) is 4.79 Å². The molecule has 0 rings (SSSR count). The molecule has 1 N–H and O–H groups in total. The zero-order valence-corrected chi connectivity index (χ0v) is 15.4. The smallest absolute Gasteiger partial charge is 0.303 e. The van der Waals surface area contributed by atoms with E-state index < -0.39 is 5.97 Å². The Bertz CT molecular complexity index is 316. The fourth-order valence-corrected chi connectivity index (χ4v) is 2.56. The van der Waals surface area contributed by atoms with Gasteiger partial charge in [0.05, 0.1) is 0 Å². The third kappa shape index (κ3) is 21.0. The SMILES string of the molecule is CC(C)CCCCCCCCC=CCCC=CCCCC(=O)O. The molecule has 0 atom stereocenters. The quantitative estimate of drug-likeness (QED) is 0.247. The van der Waals surface area contributed by atoms with E-state index in [9.17, 15) is 4.79 Å². The second kappa shape index (κ2) is 17.3. The van der Waals surface area contributed by atoms with Crippen LogP contribution in [0.25, 0.3) is 0 Å². The predicted octanol–water partition coefficient (Wildman–Crippen LogP) is 6.91. The molecule has 0 fully saturated rings. The molecule has 0 aliphatic rings. The zero-order chi connectivity index (χ0) is 17.2. The molecule has 0 aromatic heterocycles. The van der Waals surface area contributed by atoms with E-state index in [2.05, 4.69) is 38.2 Å². The highest BCUT2D eigenvalue weighted by Gasteiger charge is 1.94. The summed E-state index contributed by atoms with van der Waals surface area (Å²) < 4.78 is 0. The Labute approximate surface area is 144 Å². The minimum absolute atomic E-state index is 0.280. The maximum Gasteiger partial charge on any atom is 0.303 e. The van der Waals surface area contributed by atoms with Crippen molar-refractivity contribution in [3.8, 4) is 0 Å². The van der Waals surface area contributed by atoms with Gasteiger partial charge in [-0.25, -0.2) is 0 Å². The van der Waals surface area contributed by atoms with Gasteiger partial charge in [0.25, 0.3) is 0 Å². The largest absolute Gasteiger partial charge is 0.481 e. The number of carboxylic acid groups (broad SMARTS) is 1. The molecule has 0 radical (unpaired) electrons. The number of unbranched alkanes of at least 4 members (excludes halogenated alkanes) is 8. The van der Waals surface area contributed by atoms with Crippen LogP contribution < -0.4 is 0 Å². The van der Waals surface area contributed by atoms with Crippen molar-refractivity contribution >= 4 is 5.97 Å². The molecule has 0 aliphatic heterocycles. The lowest BCUT2D eigenvalue weighted by molar-refractivity contribution is -0.137. The average Bonchev–Trinajstić information content (AvgIpc) is 2.49. The molecule has 0 spiro atoms. The summed E-state index contributed by atoms with van der Waals surface area (Å²) in [6, 6.07) is 0. The highest BCUT2D eigenvalue weighted by atomic mass is 16.4. The van der Waals surface area contributed by atoms with E-state index >= 15 is 0 Å². The summed E-state index contributed by atoms with van der Waals surface area (Å²) in [6.07, 6.45) is 23.9. The molecular formula is C21H38O2. The van der Waals surface area contributed by atoms with Gasteiger partial charge in [-0.05, 0) is 44.4 Å². The first-order chi connectivity index (χ1) is 11.1. The van der Waals surface area contributed by atoms with Crippen LogP contribution in [0, 0.1) is 5.92 Å². The molecule has 0 bridgehead atoms. The molecule has 0 heterocycles. The van der Waals surface area contributed by atoms with Crippen molar-refractivity contribution in [1.29, 1.82) is 0 Å². The second-order valence-corrected chi connectivity index (χ2v) is 6.90. The summed E-state index contributed by atoms with van der Waals surface area (Å²) in [5.41, 5.74) is 0. The summed E-state index contributed by atoms with van der Waals surface area (Å²) >= 11 is 0. The minimum atomic E-state index is -0.697. The average molecular weight is 323 g/mol. The minimum Gasteiger partial charge on any atom is -0.481 e. The second-order valence-electron chi connectivity index (χ2n) is 6.90. The van der Waals surface area contributed by atoms with Crippen LogP contribution in [0.3, 0.4) is 0 Å². The van der Waals surface area contributed by atoms with Crippen LogP contribution in [0.5, 0.6) is 0 Å². The van der Waals surface area contributed by atoms with Crippen molar-refractivity contribution in [2.45, 2.75) is 97.3 Å². The molecule has 0 aliphatic carbocycles. The van der Waals surface area contributed by atoms with Gasteiger partial charge in [-0.3, -0.25) is 4.79 Å². The van der Waals surface area contributed by atoms with Gasteiger partial charge < -0.3 is 5.11 Å². The Kier molecular flexibility index (Phi) is 16.5. The van der Waals surface area contributed by atoms with Crippen LogP contribution in [0.15, 0.2) is 24.3 Å². The number of hydrogen-bond donors (Lipinski definition) is 1. The lowest BCUT2D eigenvalue weighted by atomic mass is 10.0. The maximum atomic E-state index is 10.3. The summed E-state index contributed by atoms with van der Waals surface area (Å²) in [7, 11) is 0. The van der Waals surface area contributed by atoms with E-state index in [0.717, 1.165) is 31.6 Å². The standard InChI is InChI=1S/C21H38O2/c1-20(2)18-16-14-12-10-8-6-4-3-5-7-9-11-13-15-17-19-21(22)23/h3,5,11,13,20H,4,6-10,12,14-19H2,1-2H3,(H,22,23). The number of allylic oxidation sites excluding steroid dienone is 4. The van der Waals surface area contributed by atoms with E-state index in [1.807, 2.05) is 0 Å². The molecule has 0 unspecified atom stereocenters. The van der Waals surface area contributed by atoms with Gasteiger partial charge in [-0.15, -0.1) is 0 Å². The molecule has 0 saturated carbocycles. The van der Waals surface area contributed by atoms with Gasteiger partial charge in [-0.2, -0.15) is 0 Å². The van der Waals surface area contributed by atoms with Crippen molar-refractivity contribution in [1.82, 2.24) is 0 Å². The third-order valence-electron chi connectivity index (χ3n) is 4.00. The Morgan fingerprint density at radius 2 is 1.22 bits per heavy atom. The van der Waals surface area contributed by atoms with Crippen molar-refractivity contribution in [2.75, 3.05) is 0 Å².